The van der Waals surface area contributed by atoms with Crippen LogP contribution in [-0.2, 0) is 52.2 Å². The van der Waals surface area contributed by atoms with Crippen molar-refractivity contribution in [2.24, 2.45) is 37.4 Å². The Kier molecular flexibility index (Phi) is 25.1. The highest BCUT2D eigenvalue weighted by atomic mass is 35.5. The first-order chi connectivity index (χ1) is 55.4. The molecule has 6 aromatic heterocycles. The van der Waals surface area contributed by atoms with Crippen LogP contribution in [0.5, 0.6) is 0 Å². The van der Waals surface area contributed by atoms with Crippen molar-refractivity contribution in [1.82, 2.24) is 73.0 Å². The predicted molar refractivity (Wildman–Crippen MR) is 456 cm³/mol. The third-order valence-corrected chi connectivity index (χ3v) is 23.0. The molecular weight excluding hydrogens is 1540 g/mol. The fraction of sp³-hybridized carbons (Fsp3) is 0.433. The van der Waals surface area contributed by atoms with Crippen LogP contribution in [0.4, 0.5) is 14.4 Å². The van der Waals surface area contributed by atoms with Crippen molar-refractivity contribution < 1.29 is 43.9 Å². The van der Waals surface area contributed by atoms with Crippen LogP contribution in [0.3, 0.4) is 0 Å². The van der Waals surface area contributed by atoms with E-state index in [4.69, 9.17) is 64.0 Å². The number of piperazine rings is 3. The first-order valence-electron chi connectivity index (χ1n) is 39.8. The van der Waals surface area contributed by atoms with E-state index < -0.39 is 16.8 Å². The van der Waals surface area contributed by atoms with Crippen molar-refractivity contribution in [3.63, 3.8) is 0 Å². The van der Waals surface area contributed by atoms with Crippen molar-refractivity contribution in [3.8, 4) is 0 Å². The van der Waals surface area contributed by atoms with Crippen LogP contribution < -0.4 is 0 Å². The number of aryl methyl sites for hydroxylation is 3. The predicted octanol–water partition coefficient (Wildman–Crippen LogP) is 15.4. The first-order valence-corrected chi connectivity index (χ1v) is 41.0. The topological polar surface area (TPSA) is 251 Å². The number of nitrogens with zero attached hydrogens (tertiary/aromatic N) is 15. The van der Waals surface area contributed by atoms with Crippen molar-refractivity contribution in [2.45, 2.75) is 118 Å². The van der Waals surface area contributed by atoms with Crippen LogP contribution in [0.1, 0.15) is 185 Å². The number of fused-ring (bicyclic) bond motifs is 6. The molecule has 0 saturated carbocycles. The second kappa shape index (κ2) is 34.4. The zero-order valence-electron chi connectivity index (χ0n) is 69.6. The molecule has 27 heteroatoms. The number of pyridine rings is 3. The molecule has 117 heavy (non-hydrogen) atoms. The van der Waals surface area contributed by atoms with E-state index in [1.54, 1.807) is 91.6 Å². The van der Waals surface area contributed by atoms with Gasteiger partial charge in [-0.1, -0.05) is 134 Å². The van der Waals surface area contributed by atoms with Gasteiger partial charge in [0.15, 0.2) is 0 Å². The maximum Gasteiger partial charge on any atom is 0.409 e. The molecule has 3 amide bonds. The molecule has 3 fully saturated rings. The summed E-state index contributed by atoms with van der Waals surface area (Å²) in [7, 11) is 5.62. The van der Waals surface area contributed by atoms with Gasteiger partial charge in [-0.2, -0.15) is 0 Å². The van der Waals surface area contributed by atoms with E-state index in [9.17, 15) is 29.7 Å². The number of halogens is 3. The summed E-state index contributed by atoms with van der Waals surface area (Å²) in [6.45, 7) is 32.2. The lowest BCUT2D eigenvalue weighted by Crippen LogP contribution is -2.50. The maximum atomic E-state index is 12.7. The van der Waals surface area contributed by atoms with E-state index in [1.807, 2.05) is 206 Å². The lowest BCUT2D eigenvalue weighted by molar-refractivity contribution is 0.0490. The number of carbonyl (C=O) groups excluding carboxylic acids is 3. The van der Waals surface area contributed by atoms with Crippen LogP contribution in [0, 0.1) is 16.2 Å². The average Bonchev–Trinajstić information content (AvgIpc) is 1.62. The maximum absolute atomic E-state index is 12.7. The molecule has 0 radical (unpaired) electrons. The van der Waals surface area contributed by atoms with Gasteiger partial charge >= 0.3 is 18.3 Å². The van der Waals surface area contributed by atoms with Crippen molar-refractivity contribution in [3.05, 3.63) is 246 Å². The van der Waals surface area contributed by atoms with E-state index >= 15 is 0 Å². The summed E-state index contributed by atoms with van der Waals surface area (Å²) in [6.07, 6.45) is 20.8. The van der Waals surface area contributed by atoms with E-state index in [0.29, 0.717) is 131 Å². The average molecular weight is 1650 g/mol. The number of ether oxygens (including phenoxy) is 3. The van der Waals surface area contributed by atoms with Gasteiger partial charge in [-0.25, -0.2) is 29.3 Å². The Bertz CT molecular complexity index is 4710. The molecule has 618 valence electrons. The quantitative estimate of drug-likeness (QED) is 0.0961. The summed E-state index contributed by atoms with van der Waals surface area (Å²) in [4.78, 5) is 77.8. The van der Waals surface area contributed by atoms with Gasteiger partial charge in [0.2, 0.25) is 0 Å². The van der Waals surface area contributed by atoms with E-state index in [1.165, 1.54) is 0 Å². The molecule has 9 aromatic rings. The lowest BCUT2D eigenvalue weighted by Gasteiger charge is -2.39. The highest BCUT2D eigenvalue weighted by Crippen LogP contribution is 2.51. The minimum atomic E-state index is -1.35. The monoisotopic (exact) mass is 1650 g/mol. The van der Waals surface area contributed by atoms with Crippen molar-refractivity contribution in [2.75, 3.05) is 98.4 Å². The highest BCUT2D eigenvalue weighted by Gasteiger charge is 2.44. The van der Waals surface area contributed by atoms with Gasteiger partial charge < -0.3 is 57.9 Å². The number of hydrogen-bond acceptors (Lipinski definition) is 18. The summed E-state index contributed by atoms with van der Waals surface area (Å²) < 4.78 is 22.2. The third kappa shape index (κ3) is 18.8. The number of imidazole rings is 3. The van der Waals surface area contributed by atoms with Gasteiger partial charge in [-0.05, 0) is 177 Å². The zero-order valence-corrected chi connectivity index (χ0v) is 71.8. The first kappa shape index (κ1) is 85.3. The van der Waals surface area contributed by atoms with E-state index in [0.717, 1.165) is 83.9 Å². The lowest BCUT2D eigenvalue weighted by atomic mass is 9.84. The Labute approximate surface area is 701 Å². The Hall–Kier alpha value is -9.60. The van der Waals surface area contributed by atoms with E-state index in [-0.39, 0.29) is 52.7 Å². The Morgan fingerprint density at radius 1 is 0.385 bits per heavy atom. The molecule has 9 heterocycles. The molecule has 15 rings (SSSR count). The van der Waals surface area contributed by atoms with Gasteiger partial charge in [0.1, 0.15) is 16.8 Å². The number of amides is 3. The molecule has 0 spiro atoms. The minimum Gasteiger partial charge on any atom is -0.449 e. The third-order valence-electron chi connectivity index (χ3n) is 22.3. The minimum absolute atomic E-state index is 0.0837. The van der Waals surface area contributed by atoms with E-state index in [2.05, 4.69) is 29.7 Å². The number of hydrogen-bond donors (Lipinski definition) is 3. The molecule has 6 atom stereocenters. The second-order valence-electron chi connectivity index (χ2n) is 35.3. The summed E-state index contributed by atoms with van der Waals surface area (Å²) in [5.41, 5.74) is 11.0. The summed E-state index contributed by atoms with van der Waals surface area (Å²) in [6, 6.07) is 28.8. The molecule has 3 aliphatic carbocycles. The molecule has 3 aliphatic heterocycles. The van der Waals surface area contributed by atoms with Gasteiger partial charge in [-0.15, -0.1) is 0 Å². The van der Waals surface area contributed by atoms with Crippen LogP contribution in [0.2, 0.25) is 15.1 Å². The standard InChI is InChI=1S/3C30H36ClN5O3/c3*1-29(2,3)18-39-28(37)36-13-11-35(12-14-36)27-22-9-8-21(31)16-23(22)24(15-20-7-6-10-33-26(20)27)30(4,38)25-17-32-19-34(25)5/h3*6-10,15-17,19,27,38H,11-14,18H2,1-5H3/t27-,30?;27-,30+;27-,30-/m000/s1. The SMILES string of the molecule is Cn1cncc1C(C)(O)C1=Cc2cccnc2[C@@H](N2CCN(C(=O)OCC(C)(C)C)CC2)c2ccc(Cl)cc21.Cn1cncc1[C@@](C)(O)C1=Cc2cccnc2[C@@H](N2CCN(C(=O)OCC(C)(C)C)CC2)c2ccc(Cl)cc21.Cn1cncc1[C@](C)(O)C1=Cc2cccnc2[C@@H](N2CCN(C(=O)OCC(C)(C)C)CC2)c2ccc(Cl)cc21. The molecular formula is C90H108Cl3N15O9. The molecule has 1 unspecified atom stereocenters. The van der Waals surface area contributed by atoms with Crippen LogP contribution in [0.25, 0.3) is 34.9 Å². The number of aliphatic hydroxyl groups is 3. The number of aromatic nitrogens is 9. The van der Waals surface area contributed by atoms with Gasteiger partial charge in [0.05, 0.1) is 110 Å². The van der Waals surface area contributed by atoms with Crippen LogP contribution >= 0.6 is 34.8 Å². The number of rotatable bonds is 12. The molecule has 3 N–H and O–H groups in total. The summed E-state index contributed by atoms with van der Waals surface area (Å²) in [5.74, 6) is 0. The second-order valence-corrected chi connectivity index (χ2v) is 36.6. The van der Waals surface area contributed by atoms with Gasteiger partial charge in [0, 0.05) is 133 Å². The normalized spacial score (nSPS) is 19.4. The summed E-state index contributed by atoms with van der Waals surface area (Å²) >= 11 is 19.6. The fourth-order valence-electron chi connectivity index (χ4n) is 16.3. The molecule has 3 saturated heterocycles. The van der Waals surface area contributed by atoms with Crippen LogP contribution in [0.15, 0.2) is 147 Å². The smallest absolute Gasteiger partial charge is 0.409 e. The fourth-order valence-corrected chi connectivity index (χ4v) is 16.8. The van der Waals surface area contributed by atoms with Gasteiger partial charge in [-0.3, -0.25) is 29.7 Å². The number of benzene rings is 3. The molecule has 3 aromatic carbocycles. The Morgan fingerprint density at radius 3 is 0.855 bits per heavy atom. The molecule has 0 bridgehead atoms. The zero-order chi connectivity index (χ0) is 83.8. The van der Waals surface area contributed by atoms with Gasteiger partial charge in [0.25, 0.3) is 0 Å². The van der Waals surface area contributed by atoms with Crippen molar-refractivity contribution in [1.29, 1.82) is 0 Å². The Balaban J connectivity index is 0.000000152. The largest absolute Gasteiger partial charge is 0.449 e. The summed E-state index contributed by atoms with van der Waals surface area (Å²) in [5, 5.41) is 37.8. The molecule has 6 aliphatic rings. The highest BCUT2D eigenvalue weighted by molar-refractivity contribution is 6.31. The Morgan fingerprint density at radius 2 is 0.632 bits per heavy atom. The van der Waals surface area contributed by atoms with Crippen molar-refractivity contribution >= 4 is 88.0 Å². The molecule has 24 nitrogen and oxygen atoms in total. The number of carbonyl (C=O) groups is 3. The van der Waals surface area contributed by atoms with Crippen LogP contribution in [-0.4, -0.2) is 205 Å².